The van der Waals surface area contributed by atoms with Crippen LogP contribution in [0.2, 0.25) is 0 Å². The highest BCUT2D eigenvalue weighted by atomic mass is 16.6. The van der Waals surface area contributed by atoms with Crippen LogP contribution in [0.15, 0.2) is 18.2 Å². The normalized spacial score (nSPS) is 25.4. The van der Waals surface area contributed by atoms with Crippen molar-refractivity contribution in [2.24, 2.45) is 11.8 Å². The van der Waals surface area contributed by atoms with Gasteiger partial charge in [-0.15, -0.1) is 0 Å². The van der Waals surface area contributed by atoms with Crippen LogP contribution in [0.1, 0.15) is 50.4 Å². The maximum Gasteiger partial charge on any atom is 0.293 e. The van der Waals surface area contributed by atoms with E-state index in [1.165, 1.54) is 19.4 Å². The van der Waals surface area contributed by atoms with Gasteiger partial charge in [0.25, 0.3) is 5.69 Å². The van der Waals surface area contributed by atoms with Crippen LogP contribution in [0.4, 0.5) is 11.4 Å². The zero-order valence-corrected chi connectivity index (χ0v) is 12.8. The molecule has 1 aliphatic carbocycles. The number of carbonyl (C=O) groups excluding carboxylic acids is 1. The van der Waals surface area contributed by atoms with Crippen LogP contribution in [-0.4, -0.2) is 16.7 Å². The molecule has 21 heavy (non-hydrogen) atoms. The van der Waals surface area contributed by atoms with E-state index in [-0.39, 0.29) is 17.5 Å². The Balaban J connectivity index is 2.27. The number of rotatable bonds is 4. The predicted octanol–water partition coefficient (Wildman–Crippen LogP) is 4.03. The Hall–Kier alpha value is -1.91. The van der Waals surface area contributed by atoms with Crippen molar-refractivity contribution in [2.45, 2.75) is 46.1 Å². The topological polar surface area (TPSA) is 72.2 Å². The van der Waals surface area contributed by atoms with Gasteiger partial charge in [-0.25, -0.2) is 0 Å². The molecular weight excluding hydrogens is 268 g/mol. The molecule has 0 unspecified atom stereocenters. The fraction of sp³-hybridized carbons (Fsp3) is 0.562. The van der Waals surface area contributed by atoms with Gasteiger partial charge < -0.3 is 5.32 Å². The lowest BCUT2D eigenvalue weighted by molar-refractivity contribution is -0.384. The Kier molecular flexibility index (Phi) is 4.60. The number of nitro benzene ring substituents is 1. The average Bonchev–Trinajstić information content (AvgIpc) is 2.43. The van der Waals surface area contributed by atoms with Crippen LogP contribution in [0.3, 0.4) is 0 Å². The Morgan fingerprint density at radius 2 is 2.05 bits per heavy atom. The largest absolute Gasteiger partial charge is 0.376 e. The zero-order chi connectivity index (χ0) is 15.6. The first-order chi connectivity index (χ1) is 9.90. The van der Waals surface area contributed by atoms with Crippen molar-refractivity contribution in [3.63, 3.8) is 0 Å². The minimum Gasteiger partial charge on any atom is -0.376 e. The van der Waals surface area contributed by atoms with Crippen molar-refractivity contribution >= 4 is 17.2 Å². The summed E-state index contributed by atoms with van der Waals surface area (Å²) < 4.78 is 0. The van der Waals surface area contributed by atoms with Gasteiger partial charge in [0.15, 0.2) is 5.78 Å². The molecule has 1 aromatic carbocycles. The lowest BCUT2D eigenvalue weighted by Gasteiger charge is -2.35. The molecule has 0 spiro atoms. The maximum absolute atomic E-state index is 11.4. The summed E-state index contributed by atoms with van der Waals surface area (Å²) in [5.41, 5.74) is 0.862. The molecule has 5 heteroatoms. The Bertz CT molecular complexity index is 556. The SMILES string of the molecule is CC(=O)c1ccc(N[C@H]2CCC[C@@H](C)[C@H]2C)c([N+](=O)[O-])c1. The molecule has 0 bridgehead atoms. The number of nitrogens with one attached hydrogen (secondary N) is 1. The van der Waals surface area contributed by atoms with E-state index in [0.717, 1.165) is 12.8 Å². The molecule has 2 rings (SSSR count). The molecule has 0 radical (unpaired) electrons. The summed E-state index contributed by atoms with van der Waals surface area (Å²) in [6.07, 6.45) is 3.38. The van der Waals surface area contributed by atoms with Crippen LogP contribution >= 0.6 is 0 Å². The first-order valence-corrected chi connectivity index (χ1v) is 7.46. The molecule has 0 aliphatic heterocycles. The number of anilines is 1. The highest BCUT2D eigenvalue weighted by molar-refractivity contribution is 5.95. The summed E-state index contributed by atoms with van der Waals surface area (Å²) in [5, 5.41) is 14.6. The summed E-state index contributed by atoms with van der Waals surface area (Å²) in [5.74, 6) is 0.932. The van der Waals surface area contributed by atoms with Gasteiger partial charge in [0, 0.05) is 17.7 Å². The van der Waals surface area contributed by atoms with Crippen LogP contribution in [0, 0.1) is 22.0 Å². The molecule has 5 nitrogen and oxygen atoms in total. The Morgan fingerprint density at radius 3 is 2.67 bits per heavy atom. The summed E-state index contributed by atoms with van der Waals surface area (Å²) in [7, 11) is 0. The second-order valence-corrected chi connectivity index (χ2v) is 6.06. The second-order valence-electron chi connectivity index (χ2n) is 6.06. The van der Waals surface area contributed by atoms with Gasteiger partial charge in [0.1, 0.15) is 5.69 Å². The van der Waals surface area contributed by atoms with E-state index >= 15 is 0 Å². The molecule has 0 aromatic heterocycles. The molecule has 1 aliphatic rings. The Morgan fingerprint density at radius 1 is 1.33 bits per heavy atom. The smallest absolute Gasteiger partial charge is 0.293 e. The van der Waals surface area contributed by atoms with Crippen LogP contribution < -0.4 is 5.32 Å². The standard InChI is InChI=1S/C16H22N2O3/c1-10-5-4-6-14(11(10)2)17-15-8-7-13(12(3)19)9-16(15)18(20)21/h7-11,14,17H,4-6H2,1-3H3/t10-,11-,14+/m1/s1. The second kappa shape index (κ2) is 6.24. The van der Waals surface area contributed by atoms with Gasteiger partial charge in [-0.2, -0.15) is 0 Å². The number of ketones is 1. The van der Waals surface area contributed by atoms with E-state index in [1.807, 2.05) is 0 Å². The van der Waals surface area contributed by atoms with Crippen molar-refractivity contribution in [1.29, 1.82) is 0 Å². The van der Waals surface area contributed by atoms with E-state index < -0.39 is 4.92 Å². The molecule has 0 saturated heterocycles. The van der Waals surface area contributed by atoms with Gasteiger partial charge in [-0.1, -0.05) is 26.7 Å². The van der Waals surface area contributed by atoms with E-state index in [0.29, 0.717) is 23.1 Å². The summed E-state index contributed by atoms with van der Waals surface area (Å²) in [6, 6.07) is 4.91. The molecule has 1 N–H and O–H groups in total. The summed E-state index contributed by atoms with van der Waals surface area (Å²) in [6.45, 7) is 5.83. The van der Waals surface area contributed by atoms with Gasteiger partial charge >= 0.3 is 0 Å². The van der Waals surface area contributed by atoms with Gasteiger partial charge in [0.2, 0.25) is 0 Å². The maximum atomic E-state index is 11.4. The number of nitrogens with zero attached hydrogens (tertiary/aromatic N) is 1. The third-order valence-electron chi connectivity index (χ3n) is 4.65. The van der Waals surface area contributed by atoms with Crippen molar-refractivity contribution < 1.29 is 9.72 Å². The monoisotopic (exact) mass is 290 g/mol. The molecule has 3 atom stereocenters. The number of Topliss-reactive ketones (excluding diaryl/α,β-unsaturated/α-hetero) is 1. The highest BCUT2D eigenvalue weighted by Gasteiger charge is 2.28. The molecule has 0 amide bonds. The van der Waals surface area contributed by atoms with Gasteiger partial charge in [-0.3, -0.25) is 14.9 Å². The minimum absolute atomic E-state index is 0.0203. The fourth-order valence-electron chi connectivity index (χ4n) is 3.01. The van der Waals surface area contributed by atoms with Gasteiger partial charge in [-0.05, 0) is 37.3 Å². The molecule has 1 saturated carbocycles. The molecule has 0 heterocycles. The van der Waals surface area contributed by atoms with Crippen molar-refractivity contribution in [2.75, 3.05) is 5.32 Å². The summed E-state index contributed by atoms with van der Waals surface area (Å²) >= 11 is 0. The van der Waals surface area contributed by atoms with E-state index in [2.05, 4.69) is 19.2 Å². The number of nitro groups is 1. The number of carbonyl (C=O) groups is 1. The predicted molar refractivity (Wildman–Crippen MR) is 82.7 cm³/mol. The van der Waals surface area contributed by atoms with Crippen LogP contribution in [0.5, 0.6) is 0 Å². The quantitative estimate of drug-likeness (QED) is 0.516. The number of benzene rings is 1. The fourth-order valence-corrected chi connectivity index (χ4v) is 3.01. The molecule has 114 valence electrons. The Labute approximate surface area is 124 Å². The first kappa shape index (κ1) is 15.5. The average molecular weight is 290 g/mol. The lowest BCUT2D eigenvalue weighted by Crippen LogP contribution is -2.35. The van der Waals surface area contributed by atoms with Crippen molar-refractivity contribution in [3.05, 3.63) is 33.9 Å². The van der Waals surface area contributed by atoms with Crippen LogP contribution in [0.25, 0.3) is 0 Å². The highest BCUT2D eigenvalue weighted by Crippen LogP contribution is 2.34. The molecular formula is C16H22N2O3. The third kappa shape index (κ3) is 3.40. The van der Waals surface area contributed by atoms with E-state index in [1.54, 1.807) is 12.1 Å². The summed E-state index contributed by atoms with van der Waals surface area (Å²) in [4.78, 5) is 22.2. The zero-order valence-electron chi connectivity index (χ0n) is 12.8. The number of hydrogen-bond acceptors (Lipinski definition) is 4. The third-order valence-corrected chi connectivity index (χ3v) is 4.65. The van der Waals surface area contributed by atoms with E-state index in [4.69, 9.17) is 0 Å². The van der Waals surface area contributed by atoms with E-state index in [9.17, 15) is 14.9 Å². The number of hydrogen-bond donors (Lipinski definition) is 1. The van der Waals surface area contributed by atoms with Crippen molar-refractivity contribution in [1.82, 2.24) is 0 Å². The molecule has 1 fully saturated rings. The minimum atomic E-state index is -0.425. The molecule has 1 aromatic rings. The lowest BCUT2D eigenvalue weighted by atomic mass is 9.78. The van der Waals surface area contributed by atoms with Gasteiger partial charge in [0.05, 0.1) is 4.92 Å². The van der Waals surface area contributed by atoms with Crippen LogP contribution in [-0.2, 0) is 0 Å². The first-order valence-electron chi connectivity index (χ1n) is 7.46. The van der Waals surface area contributed by atoms with Crippen molar-refractivity contribution in [3.8, 4) is 0 Å².